The van der Waals surface area contributed by atoms with Gasteiger partial charge in [0.15, 0.2) is 5.82 Å². The molecule has 1 N–H and O–H groups in total. The first-order valence-electron chi connectivity index (χ1n) is 10.7. The Morgan fingerprint density at radius 3 is 2.65 bits per heavy atom. The quantitative estimate of drug-likeness (QED) is 0.673. The molecule has 12 heteroatoms. The third kappa shape index (κ3) is 5.02. The Labute approximate surface area is 194 Å². The molecule has 0 radical (unpaired) electrons. The van der Waals surface area contributed by atoms with E-state index in [0.29, 0.717) is 19.8 Å². The number of ether oxygens (including phenoxy) is 2. The smallest absolute Gasteiger partial charge is 0.475 e. The first-order valence-corrected chi connectivity index (χ1v) is 10.7. The van der Waals surface area contributed by atoms with Gasteiger partial charge in [-0.05, 0) is 37.6 Å². The Bertz CT molecular complexity index is 1010. The maximum Gasteiger partial charge on any atom is 0.490 e. The van der Waals surface area contributed by atoms with Crippen LogP contribution in [0.1, 0.15) is 19.0 Å². The number of rotatable bonds is 6. The standard InChI is InChI=1S/C20H26N4O3.C2HF3O2/c1-3-27-14-18(25)22-11-8-20(15-22)17-7-5-10-23(17)19-16(6-4-9-21-19)24(20)12-13-26-2;3-2(4,5)1(6)7/h4-7,9-10H,3,8,11-15H2,1-2H3;(H,6,7). The number of carboxylic acid groups (broad SMARTS) is 1. The predicted octanol–water partition coefficient (Wildman–Crippen LogP) is 2.44. The number of pyridine rings is 1. The number of hydrogen-bond acceptors (Lipinski definition) is 6. The van der Waals surface area contributed by atoms with E-state index in [0.717, 1.165) is 31.0 Å². The summed E-state index contributed by atoms with van der Waals surface area (Å²) in [5.41, 5.74) is 1.98. The zero-order valence-corrected chi connectivity index (χ0v) is 18.9. The van der Waals surface area contributed by atoms with Crippen LogP contribution in [0.15, 0.2) is 36.7 Å². The third-order valence-corrected chi connectivity index (χ3v) is 5.82. The van der Waals surface area contributed by atoms with Crippen LogP contribution in [0, 0.1) is 0 Å². The van der Waals surface area contributed by atoms with Crippen LogP contribution < -0.4 is 4.90 Å². The van der Waals surface area contributed by atoms with Crippen molar-refractivity contribution in [2.24, 2.45) is 0 Å². The van der Waals surface area contributed by atoms with Crippen LogP contribution in [0.25, 0.3) is 5.82 Å². The molecule has 34 heavy (non-hydrogen) atoms. The number of carbonyl (C=O) groups excluding carboxylic acids is 1. The lowest BCUT2D eigenvalue weighted by Gasteiger charge is -2.47. The van der Waals surface area contributed by atoms with Crippen molar-refractivity contribution in [3.05, 3.63) is 42.4 Å². The molecular formula is C22H27F3N4O5. The van der Waals surface area contributed by atoms with Crippen LogP contribution in [0.2, 0.25) is 0 Å². The second-order valence-electron chi connectivity index (χ2n) is 7.79. The highest BCUT2D eigenvalue weighted by Crippen LogP contribution is 2.46. The van der Waals surface area contributed by atoms with E-state index in [1.54, 1.807) is 7.11 Å². The Kier molecular flexibility index (Phi) is 7.82. The number of methoxy groups -OCH3 is 1. The molecule has 1 amide bonds. The maximum atomic E-state index is 12.6. The number of hydrogen-bond donors (Lipinski definition) is 1. The molecular weight excluding hydrogens is 457 g/mol. The van der Waals surface area contributed by atoms with Crippen LogP contribution in [0.4, 0.5) is 18.9 Å². The van der Waals surface area contributed by atoms with E-state index in [2.05, 4.69) is 38.8 Å². The molecule has 1 saturated heterocycles. The average molecular weight is 484 g/mol. The van der Waals surface area contributed by atoms with Gasteiger partial charge in [0.05, 0.1) is 18.0 Å². The van der Waals surface area contributed by atoms with Crippen molar-refractivity contribution >= 4 is 17.6 Å². The fourth-order valence-electron chi connectivity index (χ4n) is 4.33. The van der Waals surface area contributed by atoms with Gasteiger partial charge < -0.3 is 28.9 Å². The fraction of sp³-hybridized carbons (Fsp3) is 0.500. The molecule has 4 heterocycles. The van der Waals surface area contributed by atoms with Crippen molar-refractivity contribution in [1.29, 1.82) is 0 Å². The summed E-state index contributed by atoms with van der Waals surface area (Å²) in [5, 5.41) is 7.12. The number of fused-ring (bicyclic) bond motifs is 4. The molecule has 9 nitrogen and oxygen atoms in total. The van der Waals surface area contributed by atoms with Crippen LogP contribution in [0.3, 0.4) is 0 Å². The number of amides is 1. The highest BCUT2D eigenvalue weighted by Gasteiger charge is 2.50. The Morgan fingerprint density at radius 2 is 2.00 bits per heavy atom. The van der Waals surface area contributed by atoms with E-state index in [4.69, 9.17) is 19.4 Å². The number of likely N-dealkylation sites (tertiary alicyclic amines) is 1. The van der Waals surface area contributed by atoms with Crippen LogP contribution >= 0.6 is 0 Å². The van der Waals surface area contributed by atoms with Gasteiger partial charge in [0.1, 0.15) is 12.1 Å². The molecule has 1 atom stereocenters. The van der Waals surface area contributed by atoms with Gasteiger partial charge in [-0.25, -0.2) is 9.78 Å². The molecule has 186 valence electrons. The topological polar surface area (TPSA) is 97.1 Å². The number of carbonyl (C=O) groups is 2. The first kappa shape index (κ1) is 25.5. The number of carboxylic acids is 1. The Hall–Kier alpha value is -3.12. The fourth-order valence-corrected chi connectivity index (χ4v) is 4.33. The van der Waals surface area contributed by atoms with Crippen LogP contribution in [0.5, 0.6) is 0 Å². The van der Waals surface area contributed by atoms with Gasteiger partial charge in [0, 0.05) is 45.7 Å². The van der Waals surface area contributed by atoms with E-state index in [1.165, 1.54) is 5.69 Å². The molecule has 2 aliphatic rings. The molecule has 1 fully saturated rings. The molecule has 0 bridgehead atoms. The maximum absolute atomic E-state index is 12.6. The van der Waals surface area contributed by atoms with Gasteiger partial charge in [0.25, 0.3) is 0 Å². The second kappa shape index (κ2) is 10.4. The summed E-state index contributed by atoms with van der Waals surface area (Å²) in [7, 11) is 1.72. The van der Waals surface area contributed by atoms with Crippen LogP contribution in [-0.2, 0) is 24.6 Å². The van der Waals surface area contributed by atoms with E-state index in [1.807, 2.05) is 24.1 Å². The number of aliphatic carboxylic acids is 1. The summed E-state index contributed by atoms with van der Waals surface area (Å²) < 4.78 is 44.6. The molecule has 4 rings (SSSR count). The van der Waals surface area contributed by atoms with E-state index in [9.17, 15) is 18.0 Å². The van der Waals surface area contributed by atoms with Crippen molar-refractivity contribution in [2.75, 3.05) is 51.5 Å². The molecule has 1 unspecified atom stereocenters. The van der Waals surface area contributed by atoms with Crippen molar-refractivity contribution in [3.63, 3.8) is 0 Å². The van der Waals surface area contributed by atoms with Gasteiger partial charge in [-0.3, -0.25) is 4.79 Å². The molecule has 2 aromatic heterocycles. The minimum atomic E-state index is -5.08. The summed E-state index contributed by atoms with van der Waals surface area (Å²) in [4.78, 5) is 30.4. The molecule has 0 saturated carbocycles. The van der Waals surface area contributed by atoms with E-state index < -0.39 is 12.1 Å². The lowest BCUT2D eigenvalue weighted by molar-refractivity contribution is -0.192. The normalized spacial score (nSPS) is 18.9. The average Bonchev–Trinajstić information content (AvgIpc) is 3.46. The molecule has 2 aromatic rings. The summed E-state index contributed by atoms with van der Waals surface area (Å²) in [6.07, 6.45) is -0.337. The summed E-state index contributed by atoms with van der Waals surface area (Å²) in [6.45, 7) is 5.31. The number of alkyl halides is 3. The van der Waals surface area contributed by atoms with Gasteiger partial charge in [-0.15, -0.1) is 0 Å². The zero-order valence-electron chi connectivity index (χ0n) is 18.9. The lowest BCUT2D eigenvalue weighted by atomic mass is 9.89. The van der Waals surface area contributed by atoms with Gasteiger partial charge in [-0.2, -0.15) is 13.2 Å². The number of halogens is 3. The van der Waals surface area contributed by atoms with Gasteiger partial charge in [-0.1, -0.05) is 0 Å². The second-order valence-corrected chi connectivity index (χ2v) is 7.79. The van der Waals surface area contributed by atoms with Gasteiger partial charge >= 0.3 is 12.1 Å². The number of aromatic nitrogens is 2. The highest BCUT2D eigenvalue weighted by atomic mass is 19.4. The molecule has 2 aliphatic heterocycles. The largest absolute Gasteiger partial charge is 0.490 e. The SMILES string of the molecule is CCOCC(=O)N1CCC2(C1)c1cccn1-c1ncccc1N2CCOC.O=C(O)C(F)(F)F. The first-order chi connectivity index (χ1) is 16.2. The monoisotopic (exact) mass is 484 g/mol. The van der Waals surface area contributed by atoms with Crippen molar-refractivity contribution in [1.82, 2.24) is 14.5 Å². The molecule has 0 aromatic carbocycles. The van der Waals surface area contributed by atoms with Crippen LogP contribution in [-0.4, -0.2) is 84.2 Å². The highest BCUT2D eigenvalue weighted by molar-refractivity contribution is 5.78. The lowest BCUT2D eigenvalue weighted by Crippen LogP contribution is -2.54. The Morgan fingerprint density at radius 1 is 1.26 bits per heavy atom. The molecule has 0 aliphatic carbocycles. The minimum absolute atomic E-state index is 0.0514. The molecule has 1 spiro atoms. The van der Waals surface area contributed by atoms with E-state index in [-0.39, 0.29) is 18.1 Å². The minimum Gasteiger partial charge on any atom is -0.475 e. The van der Waals surface area contributed by atoms with Crippen molar-refractivity contribution in [3.8, 4) is 5.82 Å². The summed E-state index contributed by atoms with van der Waals surface area (Å²) >= 11 is 0. The van der Waals surface area contributed by atoms with Crippen molar-refractivity contribution in [2.45, 2.75) is 25.1 Å². The van der Waals surface area contributed by atoms with Crippen molar-refractivity contribution < 1.29 is 37.3 Å². The van der Waals surface area contributed by atoms with E-state index >= 15 is 0 Å². The zero-order chi connectivity index (χ0) is 24.9. The number of anilines is 1. The predicted molar refractivity (Wildman–Crippen MR) is 116 cm³/mol. The Balaban J connectivity index is 0.000000406. The summed E-state index contributed by atoms with van der Waals surface area (Å²) in [6, 6.07) is 8.27. The third-order valence-electron chi connectivity index (χ3n) is 5.82. The summed E-state index contributed by atoms with van der Waals surface area (Å²) in [5.74, 6) is -1.78. The van der Waals surface area contributed by atoms with Gasteiger partial charge in [0.2, 0.25) is 5.91 Å². The number of nitrogens with zero attached hydrogens (tertiary/aromatic N) is 4.